The number of hydrogen-bond donors (Lipinski definition) is 0. The lowest BCUT2D eigenvalue weighted by atomic mass is 10.2. The largest absolute Gasteiger partial charge is 0.378 e. The highest BCUT2D eigenvalue weighted by Gasteiger charge is 2.17. The van der Waals surface area contributed by atoms with Crippen molar-refractivity contribution in [2.75, 3.05) is 19.0 Å². The van der Waals surface area contributed by atoms with Crippen molar-refractivity contribution in [3.8, 4) is 0 Å². The SMILES string of the molecule is CN(C)c1ccc(CS(=O)(=O)c2ccc([N+](=O)[O-])cc2)cc1. The van der Waals surface area contributed by atoms with Crippen LogP contribution in [0.25, 0.3) is 0 Å². The number of sulfone groups is 1. The van der Waals surface area contributed by atoms with Crippen LogP contribution in [0.4, 0.5) is 11.4 Å². The van der Waals surface area contributed by atoms with Crippen LogP contribution in [0.5, 0.6) is 0 Å². The van der Waals surface area contributed by atoms with Gasteiger partial charge in [-0.2, -0.15) is 0 Å². The molecule has 0 N–H and O–H groups in total. The van der Waals surface area contributed by atoms with Crippen molar-refractivity contribution in [2.45, 2.75) is 10.6 Å². The summed E-state index contributed by atoms with van der Waals surface area (Å²) in [6.07, 6.45) is 0. The molecule has 2 aromatic rings. The molecule has 116 valence electrons. The Morgan fingerprint density at radius 1 is 1.00 bits per heavy atom. The summed E-state index contributed by atoms with van der Waals surface area (Å²) in [5.74, 6) is -0.140. The Morgan fingerprint density at radius 3 is 2.00 bits per heavy atom. The molecule has 0 aliphatic carbocycles. The molecule has 7 heteroatoms. The lowest BCUT2D eigenvalue weighted by Gasteiger charge is -2.12. The van der Waals surface area contributed by atoms with Gasteiger partial charge >= 0.3 is 0 Å². The number of rotatable bonds is 5. The third kappa shape index (κ3) is 3.62. The van der Waals surface area contributed by atoms with E-state index in [1.807, 2.05) is 31.1 Å². The quantitative estimate of drug-likeness (QED) is 0.625. The average molecular weight is 320 g/mol. The molecule has 0 saturated carbocycles. The van der Waals surface area contributed by atoms with Gasteiger partial charge < -0.3 is 4.90 Å². The van der Waals surface area contributed by atoms with Crippen molar-refractivity contribution in [1.82, 2.24) is 0 Å². The molecule has 0 spiro atoms. The van der Waals surface area contributed by atoms with Crippen LogP contribution in [-0.4, -0.2) is 27.4 Å². The van der Waals surface area contributed by atoms with Crippen molar-refractivity contribution in [3.05, 3.63) is 64.2 Å². The second-order valence-electron chi connectivity index (χ2n) is 5.07. The number of hydrogen-bond acceptors (Lipinski definition) is 5. The van der Waals surface area contributed by atoms with Gasteiger partial charge in [0.05, 0.1) is 15.6 Å². The maximum Gasteiger partial charge on any atom is 0.269 e. The Morgan fingerprint density at radius 2 is 1.55 bits per heavy atom. The topological polar surface area (TPSA) is 80.5 Å². The molecule has 2 rings (SSSR count). The number of benzene rings is 2. The molecule has 0 saturated heterocycles. The van der Waals surface area contributed by atoms with Crippen molar-refractivity contribution in [3.63, 3.8) is 0 Å². The Kier molecular flexibility index (Phi) is 4.46. The molecule has 6 nitrogen and oxygen atoms in total. The second kappa shape index (κ2) is 6.15. The fourth-order valence-electron chi connectivity index (χ4n) is 1.97. The van der Waals surface area contributed by atoms with E-state index in [2.05, 4.69) is 0 Å². The summed E-state index contributed by atoms with van der Waals surface area (Å²) in [5, 5.41) is 10.6. The molecule has 0 aromatic heterocycles. The molecule has 0 aliphatic heterocycles. The van der Waals surface area contributed by atoms with Crippen LogP contribution in [0.1, 0.15) is 5.56 Å². The Hall–Kier alpha value is -2.41. The van der Waals surface area contributed by atoms with E-state index in [-0.39, 0.29) is 16.3 Å². The van der Waals surface area contributed by atoms with Crippen LogP contribution in [0.2, 0.25) is 0 Å². The lowest BCUT2D eigenvalue weighted by Crippen LogP contribution is -2.09. The molecule has 22 heavy (non-hydrogen) atoms. The third-order valence-corrected chi connectivity index (χ3v) is 4.92. The van der Waals surface area contributed by atoms with Crippen LogP contribution in [0.3, 0.4) is 0 Å². The first kappa shape index (κ1) is 16.0. The predicted molar refractivity (Wildman–Crippen MR) is 84.8 cm³/mol. The zero-order valence-corrected chi connectivity index (χ0v) is 13.1. The minimum atomic E-state index is -3.53. The van der Waals surface area contributed by atoms with Gasteiger partial charge in [-0.3, -0.25) is 10.1 Å². The Labute approximate surface area is 129 Å². The first-order valence-corrected chi connectivity index (χ1v) is 8.18. The predicted octanol–water partition coefficient (Wildman–Crippen LogP) is 2.63. The first-order chi connectivity index (χ1) is 10.3. The highest BCUT2D eigenvalue weighted by atomic mass is 32.2. The van der Waals surface area contributed by atoms with Gasteiger partial charge in [-0.1, -0.05) is 12.1 Å². The highest BCUT2D eigenvalue weighted by Crippen LogP contribution is 2.21. The highest BCUT2D eigenvalue weighted by molar-refractivity contribution is 7.90. The summed E-state index contributed by atoms with van der Waals surface area (Å²) < 4.78 is 24.6. The van der Waals surface area contributed by atoms with Gasteiger partial charge in [0.25, 0.3) is 5.69 Å². The van der Waals surface area contributed by atoms with Crippen LogP contribution in [0, 0.1) is 10.1 Å². The zero-order valence-electron chi connectivity index (χ0n) is 12.3. The summed E-state index contributed by atoms with van der Waals surface area (Å²) in [5.41, 5.74) is 1.52. The minimum absolute atomic E-state index is 0.0785. The fraction of sp³-hybridized carbons (Fsp3) is 0.200. The summed E-state index contributed by atoms with van der Waals surface area (Å²) in [6, 6.07) is 12.1. The van der Waals surface area contributed by atoms with E-state index in [1.165, 1.54) is 24.3 Å². The first-order valence-electron chi connectivity index (χ1n) is 6.53. The molecular formula is C15H16N2O4S. The van der Waals surface area contributed by atoms with E-state index in [0.29, 0.717) is 5.56 Å². The maximum absolute atomic E-state index is 12.3. The molecule has 0 bridgehead atoms. The van der Waals surface area contributed by atoms with E-state index in [0.717, 1.165) is 5.69 Å². The number of nitro groups is 1. The summed E-state index contributed by atoms with van der Waals surface area (Å²) >= 11 is 0. The van der Waals surface area contributed by atoms with Crippen molar-refractivity contribution < 1.29 is 13.3 Å². The number of nitro benzene ring substituents is 1. The average Bonchev–Trinajstić information content (AvgIpc) is 2.47. The molecule has 0 unspecified atom stereocenters. The molecule has 0 fully saturated rings. The second-order valence-corrected chi connectivity index (χ2v) is 7.06. The maximum atomic E-state index is 12.3. The smallest absolute Gasteiger partial charge is 0.269 e. The van der Waals surface area contributed by atoms with E-state index >= 15 is 0 Å². The van der Waals surface area contributed by atoms with Gasteiger partial charge in [0.15, 0.2) is 9.84 Å². The van der Waals surface area contributed by atoms with Crippen LogP contribution >= 0.6 is 0 Å². The van der Waals surface area contributed by atoms with Crippen molar-refractivity contribution in [1.29, 1.82) is 0 Å². The Bertz CT molecular complexity index is 766. The summed E-state index contributed by atoms with van der Waals surface area (Å²) in [7, 11) is 0.286. The molecule has 0 atom stereocenters. The summed E-state index contributed by atoms with van der Waals surface area (Å²) in [6.45, 7) is 0. The van der Waals surface area contributed by atoms with Crippen LogP contribution < -0.4 is 4.90 Å². The van der Waals surface area contributed by atoms with Gasteiger partial charge in [0.1, 0.15) is 0 Å². The molecule has 2 aromatic carbocycles. The third-order valence-electron chi connectivity index (χ3n) is 3.22. The molecule has 0 amide bonds. The van der Waals surface area contributed by atoms with Crippen LogP contribution in [0.15, 0.2) is 53.4 Å². The van der Waals surface area contributed by atoms with E-state index < -0.39 is 14.8 Å². The van der Waals surface area contributed by atoms with Gasteiger partial charge in [0.2, 0.25) is 0 Å². The normalized spacial score (nSPS) is 11.2. The monoisotopic (exact) mass is 320 g/mol. The summed E-state index contributed by atoms with van der Waals surface area (Å²) in [4.78, 5) is 12.0. The fourth-order valence-corrected chi connectivity index (χ4v) is 3.32. The van der Waals surface area contributed by atoms with Crippen molar-refractivity contribution >= 4 is 21.2 Å². The Balaban J connectivity index is 2.21. The number of anilines is 1. The molecule has 0 radical (unpaired) electrons. The van der Waals surface area contributed by atoms with Crippen LogP contribution in [-0.2, 0) is 15.6 Å². The number of non-ortho nitro benzene ring substituents is 1. The molecule has 0 aliphatic rings. The van der Waals surface area contributed by atoms with Gasteiger partial charge in [-0.15, -0.1) is 0 Å². The molecular weight excluding hydrogens is 304 g/mol. The van der Waals surface area contributed by atoms with Crippen molar-refractivity contribution in [2.24, 2.45) is 0 Å². The lowest BCUT2D eigenvalue weighted by molar-refractivity contribution is -0.384. The number of nitrogens with zero attached hydrogens (tertiary/aromatic N) is 2. The standard InChI is InChI=1S/C15H16N2O4S/c1-16(2)13-5-3-12(4-6-13)11-22(20,21)15-9-7-14(8-10-15)17(18)19/h3-10H,11H2,1-2H3. The van der Waals surface area contributed by atoms with E-state index in [1.54, 1.807) is 12.1 Å². The van der Waals surface area contributed by atoms with Gasteiger partial charge in [-0.05, 0) is 29.8 Å². The zero-order chi connectivity index (χ0) is 16.3. The minimum Gasteiger partial charge on any atom is -0.378 e. The van der Waals surface area contributed by atoms with Gasteiger partial charge in [0, 0.05) is 31.9 Å². The van der Waals surface area contributed by atoms with E-state index in [4.69, 9.17) is 0 Å². The van der Waals surface area contributed by atoms with E-state index in [9.17, 15) is 18.5 Å². The van der Waals surface area contributed by atoms with Gasteiger partial charge in [-0.25, -0.2) is 8.42 Å². The molecule has 0 heterocycles.